The van der Waals surface area contributed by atoms with Crippen LogP contribution < -0.4 is 14.8 Å². The number of carbonyl (C=O) groups is 1. The quantitative estimate of drug-likeness (QED) is 0.653. The fraction of sp³-hybridized carbons (Fsp3) is 0.350. The van der Waals surface area contributed by atoms with Gasteiger partial charge in [-0.2, -0.15) is 5.10 Å². The van der Waals surface area contributed by atoms with Gasteiger partial charge in [-0.3, -0.25) is 9.48 Å². The topological polar surface area (TPSA) is 78.3 Å². The molecule has 1 N–H and O–H groups in total. The van der Waals surface area contributed by atoms with E-state index in [2.05, 4.69) is 15.4 Å². The Morgan fingerprint density at radius 1 is 1.21 bits per heavy atom. The zero-order chi connectivity index (χ0) is 20.3. The molecule has 0 spiro atoms. The molecule has 0 radical (unpaired) electrons. The van der Waals surface area contributed by atoms with Crippen LogP contribution in [0.3, 0.4) is 0 Å². The number of hydrogen-bond acceptors (Lipinski definition) is 6. The fourth-order valence-corrected chi connectivity index (χ4v) is 3.79. The number of nitrogens with one attached hydrogen (secondary N) is 1. The Kier molecular flexibility index (Phi) is 5.99. The van der Waals surface area contributed by atoms with Crippen molar-refractivity contribution in [2.75, 3.05) is 19.5 Å². The molecule has 0 bridgehead atoms. The standard InChI is InChI=1S/C20H24N4O3S/c1-12-15(13(2)24(3)23-12)7-9-19(25)22-20-21-16(11-28-20)14-6-8-17(26-4)18(10-14)27-5/h6,8,10-11H,7,9H2,1-5H3,(H,21,22,25). The van der Waals surface area contributed by atoms with Gasteiger partial charge in [0.05, 0.1) is 25.6 Å². The van der Waals surface area contributed by atoms with Gasteiger partial charge < -0.3 is 14.8 Å². The fourth-order valence-electron chi connectivity index (χ4n) is 3.06. The average molecular weight is 401 g/mol. The molecule has 0 aliphatic carbocycles. The molecule has 0 atom stereocenters. The van der Waals surface area contributed by atoms with Gasteiger partial charge in [-0.05, 0) is 44.0 Å². The van der Waals surface area contributed by atoms with Crippen LogP contribution in [0.25, 0.3) is 11.3 Å². The van der Waals surface area contributed by atoms with Crippen LogP contribution in [0.4, 0.5) is 5.13 Å². The molecule has 3 aromatic rings. The van der Waals surface area contributed by atoms with E-state index < -0.39 is 0 Å². The van der Waals surface area contributed by atoms with Crippen molar-refractivity contribution in [1.29, 1.82) is 0 Å². The van der Waals surface area contributed by atoms with Gasteiger partial charge in [-0.25, -0.2) is 4.98 Å². The van der Waals surface area contributed by atoms with Gasteiger partial charge >= 0.3 is 0 Å². The summed E-state index contributed by atoms with van der Waals surface area (Å²) in [5.74, 6) is 1.24. The molecule has 2 heterocycles. The lowest BCUT2D eigenvalue weighted by atomic mass is 10.1. The minimum atomic E-state index is -0.0594. The summed E-state index contributed by atoms with van der Waals surface area (Å²) < 4.78 is 12.4. The number of amides is 1. The third kappa shape index (κ3) is 4.17. The Morgan fingerprint density at radius 3 is 2.61 bits per heavy atom. The number of nitrogens with zero attached hydrogens (tertiary/aromatic N) is 3. The zero-order valence-electron chi connectivity index (χ0n) is 16.7. The van der Waals surface area contributed by atoms with Gasteiger partial charge in [0, 0.05) is 30.1 Å². The van der Waals surface area contributed by atoms with Crippen LogP contribution in [-0.4, -0.2) is 34.9 Å². The van der Waals surface area contributed by atoms with Gasteiger partial charge in [-0.1, -0.05) is 0 Å². The summed E-state index contributed by atoms with van der Waals surface area (Å²) in [5, 5.41) is 9.76. The van der Waals surface area contributed by atoms with E-state index in [4.69, 9.17) is 9.47 Å². The van der Waals surface area contributed by atoms with Crippen LogP contribution in [0.5, 0.6) is 11.5 Å². The molecule has 2 aromatic heterocycles. The Labute approximate surface area is 168 Å². The molecule has 1 aromatic carbocycles. The van der Waals surface area contributed by atoms with Crippen LogP contribution in [0.15, 0.2) is 23.6 Å². The van der Waals surface area contributed by atoms with E-state index in [1.165, 1.54) is 11.3 Å². The Balaban J connectivity index is 1.65. The number of benzene rings is 1. The van der Waals surface area contributed by atoms with E-state index in [1.54, 1.807) is 14.2 Å². The van der Waals surface area contributed by atoms with E-state index in [9.17, 15) is 4.79 Å². The second kappa shape index (κ2) is 8.43. The van der Waals surface area contributed by atoms with Crippen molar-refractivity contribution in [3.05, 3.63) is 40.5 Å². The van der Waals surface area contributed by atoms with Crippen LogP contribution in [0, 0.1) is 13.8 Å². The monoisotopic (exact) mass is 400 g/mol. The van der Waals surface area contributed by atoms with E-state index >= 15 is 0 Å². The molecule has 28 heavy (non-hydrogen) atoms. The summed E-state index contributed by atoms with van der Waals surface area (Å²) in [7, 11) is 5.11. The minimum Gasteiger partial charge on any atom is -0.493 e. The average Bonchev–Trinajstić information content (AvgIpc) is 3.24. The van der Waals surface area contributed by atoms with Gasteiger partial charge in [0.1, 0.15) is 0 Å². The Hall–Kier alpha value is -2.87. The normalized spacial score (nSPS) is 10.8. The third-order valence-electron chi connectivity index (χ3n) is 4.69. The molecule has 0 saturated heterocycles. The number of ether oxygens (including phenoxy) is 2. The minimum absolute atomic E-state index is 0.0594. The van der Waals surface area contributed by atoms with Crippen molar-refractivity contribution < 1.29 is 14.3 Å². The van der Waals surface area contributed by atoms with Crippen molar-refractivity contribution in [2.45, 2.75) is 26.7 Å². The van der Waals surface area contributed by atoms with Crippen LogP contribution in [-0.2, 0) is 18.3 Å². The first kappa shape index (κ1) is 19.9. The third-order valence-corrected chi connectivity index (χ3v) is 5.45. The first-order valence-electron chi connectivity index (χ1n) is 8.89. The van der Waals surface area contributed by atoms with Crippen molar-refractivity contribution in [3.63, 3.8) is 0 Å². The number of methoxy groups -OCH3 is 2. The van der Waals surface area contributed by atoms with Crippen LogP contribution in [0.1, 0.15) is 23.4 Å². The summed E-state index contributed by atoms with van der Waals surface area (Å²) >= 11 is 1.40. The van der Waals surface area contributed by atoms with Crippen molar-refractivity contribution in [3.8, 4) is 22.8 Å². The highest BCUT2D eigenvalue weighted by molar-refractivity contribution is 7.14. The summed E-state index contributed by atoms with van der Waals surface area (Å²) in [5.41, 5.74) is 4.87. The van der Waals surface area contributed by atoms with Gasteiger partial charge in [-0.15, -0.1) is 11.3 Å². The number of carbonyl (C=O) groups excluding carboxylic acids is 1. The summed E-state index contributed by atoms with van der Waals surface area (Å²) in [6.45, 7) is 3.99. The molecule has 1 amide bonds. The smallest absolute Gasteiger partial charge is 0.226 e. The number of anilines is 1. The molecule has 0 saturated carbocycles. The lowest BCUT2D eigenvalue weighted by Crippen LogP contribution is -2.12. The van der Waals surface area contributed by atoms with Crippen molar-refractivity contribution in [1.82, 2.24) is 14.8 Å². The number of aromatic nitrogens is 3. The Morgan fingerprint density at radius 2 is 1.96 bits per heavy atom. The van der Waals surface area contributed by atoms with Gasteiger partial charge in [0.15, 0.2) is 16.6 Å². The number of aryl methyl sites for hydroxylation is 2. The summed E-state index contributed by atoms with van der Waals surface area (Å²) in [4.78, 5) is 16.9. The van der Waals surface area contributed by atoms with E-state index in [0.717, 1.165) is 28.2 Å². The highest BCUT2D eigenvalue weighted by Gasteiger charge is 2.14. The molecule has 8 heteroatoms. The van der Waals surface area contributed by atoms with E-state index in [0.29, 0.717) is 29.5 Å². The van der Waals surface area contributed by atoms with Crippen LogP contribution >= 0.6 is 11.3 Å². The summed E-state index contributed by atoms with van der Waals surface area (Å²) in [6, 6.07) is 5.62. The molecule has 0 unspecified atom stereocenters. The highest BCUT2D eigenvalue weighted by atomic mass is 32.1. The lowest BCUT2D eigenvalue weighted by Gasteiger charge is -2.08. The van der Waals surface area contributed by atoms with Crippen molar-refractivity contribution in [2.24, 2.45) is 7.05 Å². The predicted octanol–water partition coefficient (Wildman–Crippen LogP) is 3.75. The molecule has 0 fully saturated rings. The van der Waals surface area contributed by atoms with E-state index in [1.807, 2.05) is 49.2 Å². The Bertz CT molecular complexity index is 993. The highest BCUT2D eigenvalue weighted by Crippen LogP contribution is 2.33. The van der Waals surface area contributed by atoms with Crippen LogP contribution in [0.2, 0.25) is 0 Å². The first-order valence-corrected chi connectivity index (χ1v) is 9.77. The SMILES string of the molecule is COc1ccc(-c2csc(NC(=O)CCc3c(C)nn(C)c3C)n2)cc1OC. The lowest BCUT2D eigenvalue weighted by molar-refractivity contribution is -0.116. The van der Waals surface area contributed by atoms with Gasteiger partial charge in [0.2, 0.25) is 5.91 Å². The predicted molar refractivity (Wildman–Crippen MR) is 110 cm³/mol. The maximum absolute atomic E-state index is 12.3. The maximum atomic E-state index is 12.3. The molecule has 3 rings (SSSR count). The molecular formula is C20H24N4O3S. The first-order chi connectivity index (χ1) is 13.4. The maximum Gasteiger partial charge on any atom is 0.226 e. The van der Waals surface area contributed by atoms with Crippen molar-refractivity contribution >= 4 is 22.4 Å². The number of thiazole rings is 1. The second-order valence-electron chi connectivity index (χ2n) is 6.43. The number of rotatable bonds is 7. The van der Waals surface area contributed by atoms with E-state index in [-0.39, 0.29) is 5.91 Å². The largest absolute Gasteiger partial charge is 0.493 e. The summed E-state index contributed by atoms with van der Waals surface area (Å²) in [6.07, 6.45) is 1.05. The molecule has 7 nitrogen and oxygen atoms in total. The molecule has 0 aliphatic heterocycles. The second-order valence-corrected chi connectivity index (χ2v) is 7.29. The number of hydrogen-bond donors (Lipinski definition) is 1. The zero-order valence-corrected chi connectivity index (χ0v) is 17.5. The molecule has 0 aliphatic rings. The van der Waals surface area contributed by atoms with Gasteiger partial charge in [0.25, 0.3) is 0 Å². The molecular weight excluding hydrogens is 376 g/mol. The molecule has 148 valence electrons.